The van der Waals surface area contributed by atoms with Crippen molar-refractivity contribution in [1.82, 2.24) is 4.90 Å². The van der Waals surface area contributed by atoms with Crippen LogP contribution in [-0.4, -0.2) is 37.2 Å². The second kappa shape index (κ2) is 6.30. The second-order valence-corrected chi connectivity index (χ2v) is 5.21. The standard InChI is InChI=1S/C13H16BrN3O/c14-11-3-1-2-10(6-11)13(8-16)17-4-5-18-12(7-15)9-17/h1-3,6,12-13H,4-5,8-9,16H2. The molecule has 0 aromatic heterocycles. The number of benzene rings is 1. The monoisotopic (exact) mass is 309 g/mol. The predicted octanol–water partition coefficient (Wildman–Crippen LogP) is 1.67. The topological polar surface area (TPSA) is 62.3 Å². The van der Waals surface area contributed by atoms with Crippen molar-refractivity contribution < 1.29 is 4.74 Å². The molecule has 1 saturated heterocycles. The quantitative estimate of drug-likeness (QED) is 0.922. The molecule has 1 aliphatic rings. The molecular formula is C13H16BrN3O. The van der Waals surface area contributed by atoms with Gasteiger partial charge in [0.25, 0.3) is 0 Å². The van der Waals surface area contributed by atoms with E-state index in [0.717, 1.165) is 11.0 Å². The van der Waals surface area contributed by atoms with Gasteiger partial charge in [0, 0.05) is 30.1 Å². The van der Waals surface area contributed by atoms with Gasteiger partial charge in [0.2, 0.25) is 0 Å². The van der Waals surface area contributed by atoms with E-state index in [4.69, 9.17) is 15.7 Å². The molecule has 2 unspecified atom stereocenters. The van der Waals surface area contributed by atoms with Crippen LogP contribution in [0.15, 0.2) is 28.7 Å². The summed E-state index contributed by atoms with van der Waals surface area (Å²) >= 11 is 3.47. The lowest BCUT2D eigenvalue weighted by Gasteiger charge is -2.36. The summed E-state index contributed by atoms with van der Waals surface area (Å²) in [7, 11) is 0. The van der Waals surface area contributed by atoms with Gasteiger partial charge in [-0.05, 0) is 17.7 Å². The number of hydrogen-bond donors (Lipinski definition) is 1. The number of rotatable bonds is 3. The molecular weight excluding hydrogens is 294 g/mol. The Morgan fingerprint density at radius 2 is 2.44 bits per heavy atom. The fraction of sp³-hybridized carbons (Fsp3) is 0.462. The first-order chi connectivity index (χ1) is 8.74. The molecule has 1 heterocycles. The van der Waals surface area contributed by atoms with Crippen molar-refractivity contribution in [2.45, 2.75) is 12.1 Å². The maximum atomic E-state index is 8.94. The van der Waals surface area contributed by atoms with Crippen LogP contribution in [0.2, 0.25) is 0 Å². The van der Waals surface area contributed by atoms with Gasteiger partial charge >= 0.3 is 0 Å². The van der Waals surface area contributed by atoms with Crippen LogP contribution in [0.3, 0.4) is 0 Å². The van der Waals surface area contributed by atoms with Crippen LogP contribution < -0.4 is 5.73 Å². The molecule has 0 spiro atoms. The Labute approximate surface area is 115 Å². The number of ether oxygens (including phenoxy) is 1. The summed E-state index contributed by atoms with van der Waals surface area (Å²) in [5.41, 5.74) is 7.06. The van der Waals surface area contributed by atoms with E-state index in [0.29, 0.717) is 19.7 Å². The van der Waals surface area contributed by atoms with E-state index in [1.807, 2.05) is 12.1 Å². The van der Waals surface area contributed by atoms with Crippen molar-refractivity contribution in [1.29, 1.82) is 5.26 Å². The summed E-state index contributed by atoms with van der Waals surface area (Å²) in [5.74, 6) is 0. The van der Waals surface area contributed by atoms with Crippen molar-refractivity contribution in [3.8, 4) is 6.07 Å². The molecule has 0 aliphatic carbocycles. The lowest BCUT2D eigenvalue weighted by molar-refractivity contribution is -0.0161. The Kier molecular flexibility index (Phi) is 4.72. The van der Waals surface area contributed by atoms with E-state index in [-0.39, 0.29) is 12.1 Å². The first kappa shape index (κ1) is 13.5. The van der Waals surface area contributed by atoms with Crippen LogP contribution in [0.5, 0.6) is 0 Å². The minimum Gasteiger partial charge on any atom is -0.361 e. The lowest BCUT2D eigenvalue weighted by Crippen LogP contribution is -2.45. The third-order valence-electron chi connectivity index (χ3n) is 3.14. The highest BCUT2D eigenvalue weighted by Crippen LogP contribution is 2.24. The molecule has 96 valence electrons. The van der Waals surface area contributed by atoms with Crippen LogP contribution >= 0.6 is 15.9 Å². The Hall–Kier alpha value is -0.930. The molecule has 2 rings (SSSR count). The Bertz CT molecular complexity index is 446. The van der Waals surface area contributed by atoms with Crippen LogP contribution in [0.25, 0.3) is 0 Å². The van der Waals surface area contributed by atoms with Gasteiger partial charge in [-0.25, -0.2) is 0 Å². The normalized spacial score (nSPS) is 22.4. The average Bonchev–Trinajstić information content (AvgIpc) is 2.40. The summed E-state index contributed by atoms with van der Waals surface area (Å²) in [6, 6.07) is 10.4. The van der Waals surface area contributed by atoms with Crippen LogP contribution in [-0.2, 0) is 4.74 Å². The number of hydrogen-bond acceptors (Lipinski definition) is 4. The lowest BCUT2D eigenvalue weighted by atomic mass is 10.0. The van der Waals surface area contributed by atoms with Gasteiger partial charge in [0.15, 0.2) is 6.10 Å². The van der Waals surface area contributed by atoms with E-state index < -0.39 is 0 Å². The van der Waals surface area contributed by atoms with Gasteiger partial charge in [0.05, 0.1) is 12.7 Å². The van der Waals surface area contributed by atoms with Crippen LogP contribution in [0.1, 0.15) is 11.6 Å². The highest BCUT2D eigenvalue weighted by Gasteiger charge is 2.26. The number of nitrogens with zero attached hydrogens (tertiary/aromatic N) is 2. The molecule has 2 atom stereocenters. The van der Waals surface area contributed by atoms with Gasteiger partial charge in [-0.15, -0.1) is 0 Å². The Morgan fingerprint density at radius 3 is 3.11 bits per heavy atom. The maximum Gasteiger partial charge on any atom is 0.156 e. The first-order valence-electron chi connectivity index (χ1n) is 5.95. The summed E-state index contributed by atoms with van der Waals surface area (Å²) < 4.78 is 6.40. The SMILES string of the molecule is N#CC1CN(C(CN)c2cccc(Br)c2)CCO1. The molecule has 1 aromatic rings. The van der Waals surface area contributed by atoms with Crippen molar-refractivity contribution in [3.63, 3.8) is 0 Å². The minimum absolute atomic E-state index is 0.141. The Morgan fingerprint density at radius 1 is 1.61 bits per heavy atom. The fourth-order valence-electron chi connectivity index (χ4n) is 2.24. The van der Waals surface area contributed by atoms with Crippen molar-refractivity contribution in [2.24, 2.45) is 5.73 Å². The van der Waals surface area contributed by atoms with Gasteiger partial charge < -0.3 is 10.5 Å². The number of nitrogens with two attached hydrogens (primary N) is 1. The van der Waals surface area contributed by atoms with Gasteiger partial charge in [0.1, 0.15) is 0 Å². The molecule has 1 aromatic carbocycles. The molecule has 0 bridgehead atoms. The summed E-state index contributed by atoms with van der Waals surface area (Å²) in [5, 5.41) is 8.94. The number of nitriles is 1. The van der Waals surface area contributed by atoms with E-state index in [1.165, 1.54) is 5.56 Å². The molecule has 1 aliphatic heterocycles. The first-order valence-corrected chi connectivity index (χ1v) is 6.74. The van der Waals surface area contributed by atoms with Crippen molar-refractivity contribution >= 4 is 15.9 Å². The third kappa shape index (κ3) is 3.09. The van der Waals surface area contributed by atoms with E-state index >= 15 is 0 Å². The molecule has 4 nitrogen and oxygen atoms in total. The smallest absolute Gasteiger partial charge is 0.156 e. The van der Waals surface area contributed by atoms with E-state index in [2.05, 4.69) is 39.0 Å². The van der Waals surface area contributed by atoms with Crippen molar-refractivity contribution in [3.05, 3.63) is 34.3 Å². The van der Waals surface area contributed by atoms with E-state index in [1.54, 1.807) is 0 Å². The average molecular weight is 310 g/mol. The highest BCUT2D eigenvalue weighted by molar-refractivity contribution is 9.10. The third-order valence-corrected chi connectivity index (χ3v) is 3.63. The summed E-state index contributed by atoms with van der Waals surface area (Å²) in [6.07, 6.45) is -0.347. The van der Waals surface area contributed by atoms with Crippen LogP contribution in [0.4, 0.5) is 0 Å². The zero-order valence-corrected chi connectivity index (χ0v) is 11.6. The van der Waals surface area contributed by atoms with Gasteiger partial charge in [-0.1, -0.05) is 28.1 Å². The number of halogens is 1. The molecule has 0 radical (unpaired) electrons. The molecule has 5 heteroatoms. The zero-order valence-electron chi connectivity index (χ0n) is 10.1. The maximum absolute atomic E-state index is 8.94. The van der Waals surface area contributed by atoms with Gasteiger partial charge in [-0.3, -0.25) is 4.90 Å². The largest absolute Gasteiger partial charge is 0.361 e. The fourth-order valence-corrected chi connectivity index (χ4v) is 2.66. The summed E-state index contributed by atoms with van der Waals surface area (Å²) in [6.45, 7) is 2.55. The Balaban J connectivity index is 2.16. The second-order valence-electron chi connectivity index (χ2n) is 4.29. The summed E-state index contributed by atoms with van der Waals surface area (Å²) in [4.78, 5) is 2.22. The number of morpholine rings is 1. The zero-order chi connectivity index (χ0) is 13.0. The molecule has 18 heavy (non-hydrogen) atoms. The van der Waals surface area contributed by atoms with Crippen molar-refractivity contribution in [2.75, 3.05) is 26.2 Å². The highest BCUT2D eigenvalue weighted by atomic mass is 79.9. The predicted molar refractivity (Wildman–Crippen MR) is 72.9 cm³/mol. The minimum atomic E-state index is -0.347. The molecule has 1 fully saturated rings. The van der Waals surface area contributed by atoms with E-state index in [9.17, 15) is 0 Å². The molecule has 2 N–H and O–H groups in total. The van der Waals surface area contributed by atoms with Gasteiger partial charge in [-0.2, -0.15) is 5.26 Å². The van der Waals surface area contributed by atoms with Crippen LogP contribution in [0, 0.1) is 11.3 Å². The molecule has 0 amide bonds. The molecule has 0 saturated carbocycles.